The lowest BCUT2D eigenvalue weighted by Gasteiger charge is -2.34. The Morgan fingerprint density at radius 2 is 1.48 bits per heavy atom. The maximum atomic E-state index is 14.5. The summed E-state index contributed by atoms with van der Waals surface area (Å²) < 4.78 is 43.0. The van der Waals surface area contributed by atoms with E-state index in [1.807, 2.05) is 51.1 Å². The molecule has 4 aromatic carbocycles. The Labute approximate surface area is 280 Å². The summed E-state index contributed by atoms with van der Waals surface area (Å²) in [5, 5.41) is 3.55. The van der Waals surface area contributed by atoms with Crippen molar-refractivity contribution in [1.82, 2.24) is 10.2 Å². The van der Waals surface area contributed by atoms with Gasteiger partial charge in [-0.25, -0.2) is 12.8 Å². The highest BCUT2D eigenvalue weighted by atomic mass is 35.5. The standard InChI is InChI=1S/C35H36Cl2FN3O4S/c1-4-25(3)39-35(43)33(21-26-9-6-5-7-10-26)40(22-30-31(36)11-8-12-32(30)37)34(42)23-41(28-17-15-27(38)16-18-28)46(44,45)29-19-13-24(2)14-20-29/h5-20,25,33H,4,21-23H2,1-3H3,(H,39,43)/t25-,33+/m1/s1. The summed E-state index contributed by atoms with van der Waals surface area (Å²) in [5.74, 6) is -1.66. The van der Waals surface area contributed by atoms with Gasteiger partial charge in [0.05, 0.1) is 10.6 Å². The minimum Gasteiger partial charge on any atom is -0.352 e. The van der Waals surface area contributed by atoms with Gasteiger partial charge in [0.15, 0.2) is 0 Å². The fourth-order valence-electron chi connectivity index (χ4n) is 4.82. The van der Waals surface area contributed by atoms with Crippen LogP contribution in [0.4, 0.5) is 10.1 Å². The fraction of sp³-hybridized carbons (Fsp3) is 0.257. The highest BCUT2D eigenvalue weighted by Gasteiger charge is 2.35. The van der Waals surface area contributed by atoms with Crippen LogP contribution in [0, 0.1) is 12.7 Å². The number of halogens is 3. The summed E-state index contributed by atoms with van der Waals surface area (Å²) in [5.41, 5.74) is 2.12. The number of amides is 2. The molecule has 0 aliphatic rings. The highest BCUT2D eigenvalue weighted by Crippen LogP contribution is 2.29. The third kappa shape index (κ3) is 8.66. The maximum absolute atomic E-state index is 14.5. The fourth-order valence-corrected chi connectivity index (χ4v) is 6.75. The average Bonchev–Trinajstić information content (AvgIpc) is 3.03. The van der Waals surface area contributed by atoms with E-state index in [9.17, 15) is 22.4 Å². The van der Waals surface area contributed by atoms with Gasteiger partial charge in [0.1, 0.15) is 18.4 Å². The van der Waals surface area contributed by atoms with Crippen molar-refractivity contribution in [3.8, 4) is 0 Å². The molecule has 0 fully saturated rings. The van der Waals surface area contributed by atoms with Gasteiger partial charge < -0.3 is 10.2 Å². The number of carbonyl (C=O) groups is 2. The van der Waals surface area contributed by atoms with E-state index >= 15 is 0 Å². The van der Waals surface area contributed by atoms with Crippen molar-refractivity contribution in [2.45, 2.75) is 57.1 Å². The van der Waals surface area contributed by atoms with Gasteiger partial charge in [-0.3, -0.25) is 13.9 Å². The molecule has 1 N–H and O–H groups in total. The molecule has 2 amide bonds. The Morgan fingerprint density at radius 3 is 2.07 bits per heavy atom. The number of sulfonamides is 1. The van der Waals surface area contributed by atoms with Crippen molar-refractivity contribution >= 4 is 50.7 Å². The van der Waals surface area contributed by atoms with E-state index in [0.717, 1.165) is 27.6 Å². The largest absolute Gasteiger partial charge is 0.352 e. The summed E-state index contributed by atoms with van der Waals surface area (Å²) in [6.07, 6.45) is 0.791. The third-order valence-corrected chi connectivity index (χ3v) is 10.2. The average molecular weight is 685 g/mol. The molecule has 0 saturated heterocycles. The molecule has 0 aliphatic heterocycles. The lowest BCUT2D eigenvalue weighted by molar-refractivity contribution is -0.140. The quantitative estimate of drug-likeness (QED) is 0.162. The van der Waals surface area contributed by atoms with Crippen LogP contribution in [0.3, 0.4) is 0 Å². The number of aryl methyl sites for hydroxylation is 1. The first-order valence-corrected chi connectivity index (χ1v) is 17.0. The van der Waals surface area contributed by atoms with Crippen molar-refractivity contribution < 1.29 is 22.4 Å². The van der Waals surface area contributed by atoms with E-state index in [-0.39, 0.29) is 39.6 Å². The van der Waals surface area contributed by atoms with Crippen molar-refractivity contribution in [3.63, 3.8) is 0 Å². The summed E-state index contributed by atoms with van der Waals surface area (Å²) in [4.78, 5) is 29.7. The van der Waals surface area contributed by atoms with Crippen LogP contribution >= 0.6 is 23.2 Å². The molecular formula is C35H36Cl2FN3O4S. The lowest BCUT2D eigenvalue weighted by Crippen LogP contribution is -2.54. The molecule has 11 heteroatoms. The zero-order chi connectivity index (χ0) is 33.4. The Bertz CT molecular complexity index is 1740. The molecule has 0 radical (unpaired) electrons. The summed E-state index contributed by atoms with van der Waals surface area (Å²) in [6.45, 7) is 4.75. The summed E-state index contributed by atoms with van der Waals surface area (Å²) in [6, 6.07) is 23.9. The van der Waals surface area contributed by atoms with Gasteiger partial charge in [-0.1, -0.05) is 84.2 Å². The third-order valence-electron chi connectivity index (χ3n) is 7.66. The molecule has 0 aromatic heterocycles. The van der Waals surface area contributed by atoms with Crippen molar-refractivity contribution in [3.05, 3.63) is 130 Å². The molecule has 7 nitrogen and oxygen atoms in total. The number of rotatable bonds is 13. The monoisotopic (exact) mass is 683 g/mol. The Kier molecular flexibility index (Phi) is 11.8. The molecule has 4 rings (SSSR count). The zero-order valence-electron chi connectivity index (χ0n) is 25.8. The van der Waals surface area contributed by atoms with Gasteiger partial charge in [0.25, 0.3) is 10.0 Å². The lowest BCUT2D eigenvalue weighted by atomic mass is 10.0. The number of hydrogen-bond donors (Lipinski definition) is 1. The second-order valence-electron chi connectivity index (χ2n) is 11.0. The molecule has 242 valence electrons. The highest BCUT2D eigenvalue weighted by molar-refractivity contribution is 7.92. The van der Waals surface area contributed by atoms with Crippen LogP contribution in [0.1, 0.15) is 37.0 Å². The molecular weight excluding hydrogens is 648 g/mol. The number of benzene rings is 4. The molecule has 0 unspecified atom stereocenters. The van der Waals surface area contributed by atoms with Crippen molar-refractivity contribution in [1.29, 1.82) is 0 Å². The van der Waals surface area contributed by atoms with Crippen LogP contribution < -0.4 is 9.62 Å². The van der Waals surface area contributed by atoms with Gasteiger partial charge in [-0.2, -0.15) is 0 Å². The van der Waals surface area contributed by atoms with Crippen LogP contribution in [0.25, 0.3) is 0 Å². The van der Waals surface area contributed by atoms with Crippen LogP contribution in [0.5, 0.6) is 0 Å². The second kappa shape index (κ2) is 15.6. The molecule has 4 aromatic rings. The van der Waals surface area contributed by atoms with Gasteiger partial charge in [-0.15, -0.1) is 0 Å². The Balaban J connectivity index is 1.84. The maximum Gasteiger partial charge on any atom is 0.264 e. The van der Waals surface area contributed by atoms with Crippen LogP contribution in [-0.4, -0.2) is 43.8 Å². The molecule has 0 saturated carbocycles. The first-order valence-electron chi connectivity index (χ1n) is 14.8. The van der Waals surface area contributed by atoms with E-state index in [0.29, 0.717) is 12.0 Å². The van der Waals surface area contributed by atoms with Crippen molar-refractivity contribution in [2.24, 2.45) is 0 Å². The Hall–Kier alpha value is -3.92. The second-order valence-corrected chi connectivity index (χ2v) is 13.7. The van der Waals surface area contributed by atoms with E-state index in [2.05, 4.69) is 5.32 Å². The molecule has 0 spiro atoms. The smallest absolute Gasteiger partial charge is 0.264 e. The number of hydrogen-bond acceptors (Lipinski definition) is 4. The molecule has 0 heterocycles. The number of nitrogens with one attached hydrogen (secondary N) is 1. The predicted octanol–water partition coefficient (Wildman–Crippen LogP) is 7.19. The number of nitrogens with zero attached hydrogens (tertiary/aromatic N) is 2. The molecule has 0 bridgehead atoms. The minimum atomic E-state index is -4.32. The predicted molar refractivity (Wildman–Crippen MR) is 181 cm³/mol. The normalized spacial score (nSPS) is 12.7. The minimum absolute atomic E-state index is 0.0497. The van der Waals surface area contributed by atoms with E-state index < -0.39 is 40.2 Å². The topological polar surface area (TPSA) is 86.8 Å². The van der Waals surface area contributed by atoms with E-state index in [1.165, 1.54) is 29.2 Å². The number of carbonyl (C=O) groups excluding carboxylic acids is 2. The molecule has 2 atom stereocenters. The van der Waals surface area contributed by atoms with Crippen LogP contribution in [0.15, 0.2) is 102 Å². The van der Waals surface area contributed by atoms with E-state index in [1.54, 1.807) is 30.3 Å². The first kappa shape index (κ1) is 34.9. The van der Waals surface area contributed by atoms with Gasteiger partial charge in [0, 0.05) is 34.6 Å². The zero-order valence-corrected chi connectivity index (χ0v) is 28.1. The molecule has 46 heavy (non-hydrogen) atoms. The van der Waals surface area contributed by atoms with E-state index in [4.69, 9.17) is 23.2 Å². The van der Waals surface area contributed by atoms with Crippen LogP contribution in [-0.2, 0) is 32.6 Å². The summed E-state index contributed by atoms with van der Waals surface area (Å²) >= 11 is 13.1. The van der Waals surface area contributed by atoms with Gasteiger partial charge >= 0.3 is 0 Å². The molecule has 0 aliphatic carbocycles. The summed E-state index contributed by atoms with van der Waals surface area (Å²) in [7, 11) is -4.32. The van der Waals surface area contributed by atoms with Gasteiger partial charge in [-0.05, 0) is 74.4 Å². The number of anilines is 1. The van der Waals surface area contributed by atoms with Crippen molar-refractivity contribution in [2.75, 3.05) is 10.8 Å². The van der Waals surface area contributed by atoms with Gasteiger partial charge in [0.2, 0.25) is 11.8 Å². The first-order chi connectivity index (χ1) is 21.9. The van der Waals surface area contributed by atoms with Crippen LogP contribution in [0.2, 0.25) is 10.0 Å². The Morgan fingerprint density at radius 1 is 0.870 bits per heavy atom. The SMILES string of the molecule is CC[C@@H](C)NC(=O)[C@H](Cc1ccccc1)N(Cc1c(Cl)cccc1Cl)C(=O)CN(c1ccc(F)cc1)S(=O)(=O)c1ccc(C)cc1.